The van der Waals surface area contributed by atoms with Gasteiger partial charge in [0, 0.05) is 11.1 Å². The van der Waals surface area contributed by atoms with E-state index in [9.17, 15) is 9.59 Å². The van der Waals surface area contributed by atoms with Crippen molar-refractivity contribution in [3.8, 4) is 5.75 Å². The Hall–Kier alpha value is -2.53. The van der Waals surface area contributed by atoms with Gasteiger partial charge in [-0.15, -0.1) is 0 Å². The van der Waals surface area contributed by atoms with Gasteiger partial charge in [0.2, 0.25) is 0 Å². The molecule has 2 N–H and O–H groups in total. The monoisotopic (exact) mass is 388 g/mol. The second kappa shape index (κ2) is 9.97. The molecule has 2 aromatic rings. The van der Waals surface area contributed by atoms with Gasteiger partial charge in [0.15, 0.2) is 6.10 Å². The van der Waals surface area contributed by atoms with Gasteiger partial charge < -0.3 is 15.4 Å². The van der Waals surface area contributed by atoms with Crippen molar-refractivity contribution in [3.63, 3.8) is 0 Å². The molecule has 2 amide bonds. The van der Waals surface area contributed by atoms with Crippen LogP contribution in [0.15, 0.2) is 48.5 Å². The number of ether oxygens (including phenoxy) is 1. The molecule has 5 nitrogen and oxygen atoms in total. The Morgan fingerprint density at radius 3 is 2.33 bits per heavy atom. The fourth-order valence-electron chi connectivity index (χ4n) is 2.41. The van der Waals surface area contributed by atoms with E-state index in [0.717, 1.165) is 6.42 Å². The Morgan fingerprint density at radius 1 is 1.04 bits per heavy atom. The Balaban J connectivity index is 2.11. The topological polar surface area (TPSA) is 67.4 Å². The van der Waals surface area contributed by atoms with Gasteiger partial charge >= 0.3 is 0 Å². The van der Waals surface area contributed by atoms with E-state index in [1.165, 1.54) is 0 Å². The molecular formula is C21H25ClN2O3. The Morgan fingerprint density at radius 2 is 1.70 bits per heavy atom. The third kappa shape index (κ3) is 6.00. The van der Waals surface area contributed by atoms with Crippen molar-refractivity contribution in [1.82, 2.24) is 5.32 Å². The Labute approximate surface area is 165 Å². The van der Waals surface area contributed by atoms with Crippen LogP contribution in [0.5, 0.6) is 5.75 Å². The molecule has 144 valence electrons. The summed E-state index contributed by atoms with van der Waals surface area (Å²) in [6.45, 7) is 5.80. The van der Waals surface area contributed by atoms with E-state index in [-0.39, 0.29) is 17.9 Å². The Bertz CT molecular complexity index is 777. The van der Waals surface area contributed by atoms with Crippen molar-refractivity contribution in [2.75, 3.05) is 5.32 Å². The molecule has 0 saturated heterocycles. The van der Waals surface area contributed by atoms with Gasteiger partial charge in [0.1, 0.15) is 5.75 Å². The summed E-state index contributed by atoms with van der Waals surface area (Å²) in [6, 6.07) is 13.8. The summed E-state index contributed by atoms with van der Waals surface area (Å²) in [5.41, 5.74) is 0.883. The highest BCUT2D eigenvalue weighted by atomic mass is 35.5. The maximum Gasteiger partial charge on any atom is 0.265 e. The van der Waals surface area contributed by atoms with Crippen molar-refractivity contribution in [1.29, 1.82) is 0 Å². The summed E-state index contributed by atoms with van der Waals surface area (Å²) < 4.78 is 5.76. The Kier molecular flexibility index (Phi) is 7.67. The van der Waals surface area contributed by atoms with Crippen LogP contribution in [0, 0.1) is 0 Å². The second-order valence-electron chi connectivity index (χ2n) is 6.29. The average molecular weight is 389 g/mol. The van der Waals surface area contributed by atoms with E-state index in [1.807, 2.05) is 20.8 Å². The van der Waals surface area contributed by atoms with E-state index in [4.69, 9.17) is 16.3 Å². The number of hydrogen-bond acceptors (Lipinski definition) is 3. The van der Waals surface area contributed by atoms with Crippen molar-refractivity contribution < 1.29 is 14.3 Å². The average Bonchev–Trinajstić information content (AvgIpc) is 2.67. The van der Waals surface area contributed by atoms with Crippen LogP contribution in [0.25, 0.3) is 0 Å². The molecule has 0 heterocycles. The summed E-state index contributed by atoms with van der Waals surface area (Å²) in [6.07, 6.45) is 0.625. The molecule has 0 unspecified atom stereocenters. The van der Waals surface area contributed by atoms with E-state index in [0.29, 0.717) is 28.4 Å². The first-order valence-electron chi connectivity index (χ1n) is 9.07. The van der Waals surface area contributed by atoms with Crippen LogP contribution in [0.3, 0.4) is 0 Å². The van der Waals surface area contributed by atoms with Crippen LogP contribution < -0.4 is 15.4 Å². The summed E-state index contributed by atoms with van der Waals surface area (Å²) in [5.74, 6) is 0.0346. The third-order valence-electron chi connectivity index (χ3n) is 4.17. The fraction of sp³-hybridized carbons (Fsp3) is 0.333. The van der Waals surface area contributed by atoms with E-state index in [2.05, 4.69) is 10.6 Å². The minimum atomic E-state index is -0.683. The molecule has 0 radical (unpaired) electrons. The highest BCUT2D eigenvalue weighted by molar-refractivity contribution is 6.30. The van der Waals surface area contributed by atoms with Crippen LogP contribution in [0.4, 0.5) is 5.69 Å². The predicted octanol–water partition coefficient (Wildman–Crippen LogP) is 4.66. The quantitative estimate of drug-likeness (QED) is 0.690. The smallest absolute Gasteiger partial charge is 0.265 e. The van der Waals surface area contributed by atoms with Crippen molar-refractivity contribution in [3.05, 3.63) is 59.1 Å². The predicted molar refractivity (Wildman–Crippen MR) is 108 cm³/mol. The van der Waals surface area contributed by atoms with E-state index < -0.39 is 6.10 Å². The molecule has 0 fully saturated rings. The molecular weight excluding hydrogens is 364 g/mol. The molecule has 0 spiro atoms. The number of anilines is 1. The first-order chi connectivity index (χ1) is 12.9. The van der Waals surface area contributed by atoms with Crippen LogP contribution in [0.1, 0.15) is 44.0 Å². The first-order valence-corrected chi connectivity index (χ1v) is 9.45. The number of halogens is 1. The van der Waals surface area contributed by atoms with Crippen LogP contribution in [-0.4, -0.2) is 24.0 Å². The zero-order chi connectivity index (χ0) is 19.8. The zero-order valence-corrected chi connectivity index (χ0v) is 16.5. The van der Waals surface area contributed by atoms with Crippen LogP contribution in [0.2, 0.25) is 5.02 Å². The standard InChI is InChI=1S/C21H25ClN2O3/c1-4-14(3)23-20(25)17-8-6-7-9-18(17)24-21(26)19(5-2)27-16-12-10-15(22)11-13-16/h6-14,19H,4-5H2,1-3H3,(H,23,25)(H,24,26)/t14-,19+/m1/s1. The normalized spacial score (nSPS) is 12.7. The van der Waals surface area contributed by atoms with Crippen LogP contribution in [-0.2, 0) is 4.79 Å². The number of para-hydroxylation sites is 1. The van der Waals surface area contributed by atoms with E-state index >= 15 is 0 Å². The molecule has 0 aliphatic heterocycles. The zero-order valence-electron chi connectivity index (χ0n) is 15.8. The van der Waals surface area contributed by atoms with Gasteiger partial charge in [-0.05, 0) is 56.2 Å². The molecule has 2 rings (SSSR count). The highest BCUT2D eigenvalue weighted by Crippen LogP contribution is 2.20. The van der Waals surface area contributed by atoms with E-state index in [1.54, 1.807) is 48.5 Å². The molecule has 6 heteroatoms. The SMILES string of the molecule is CC[C@@H](C)NC(=O)c1ccccc1NC(=O)[C@H](CC)Oc1ccc(Cl)cc1. The fourth-order valence-corrected chi connectivity index (χ4v) is 2.53. The van der Waals surface area contributed by atoms with Gasteiger partial charge in [0.25, 0.3) is 11.8 Å². The van der Waals surface area contributed by atoms with Gasteiger partial charge in [-0.3, -0.25) is 9.59 Å². The molecule has 0 aliphatic carbocycles. The number of benzene rings is 2. The van der Waals surface area contributed by atoms with Gasteiger partial charge in [-0.25, -0.2) is 0 Å². The summed E-state index contributed by atoms with van der Waals surface area (Å²) in [7, 11) is 0. The van der Waals surface area contributed by atoms with Crippen molar-refractivity contribution >= 4 is 29.1 Å². The lowest BCUT2D eigenvalue weighted by Gasteiger charge is -2.19. The minimum Gasteiger partial charge on any atom is -0.481 e. The maximum atomic E-state index is 12.7. The second-order valence-corrected chi connectivity index (χ2v) is 6.72. The number of amides is 2. The van der Waals surface area contributed by atoms with Crippen molar-refractivity contribution in [2.45, 2.75) is 45.8 Å². The number of nitrogens with one attached hydrogen (secondary N) is 2. The molecule has 0 aliphatic rings. The largest absolute Gasteiger partial charge is 0.481 e. The van der Waals surface area contributed by atoms with Crippen molar-refractivity contribution in [2.24, 2.45) is 0 Å². The molecule has 0 bridgehead atoms. The van der Waals surface area contributed by atoms with Crippen LogP contribution >= 0.6 is 11.6 Å². The summed E-state index contributed by atoms with van der Waals surface area (Å²) in [5, 5.41) is 6.33. The number of carbonyl (C=O) groups excluding carboxylic acids is 2. The van der Waals surface area contributed by atoms with Gasteiger partial charge in [-0.1, -0.05) is 37.6 Å². The lowest BCUT2D eigenvalue weighted by atomic mass is 10.1. The number of hydrogen-bond donors (Lipinski definition) is 2. The first kappa shape index (κ1) is 20.8. The molecule has 0 aromatic heterocycles. The summed E-state index contributed by atoms with van der Waals surface area (Å²) in [4.78, 5) is 25.1. The minimum absolute atomic E-state index is 0.0536. The lowest BCUT2D eigenvalue weighted by Crippen LogP contribution is -2.35. The molecule has 0 saturated carbocycles. The van der Waals surface area contributed by atoms with Gasteiger partial charge in [0.05, 0.1) is 11.3 Å². The highest BCUT2D eigenvalue weighted by Gasteiger charge is 2.21. The summed E-state index contributed by atoms with van der Waals surface area (Å²) >= 11 is 5.87. The number of rotatable bonds is 8. The lowest BCUT2D eigenvalue weighted by molar-refractivity contribution is -0.122. The maximum absolute atomic E-state index is 12.7. The molecule has 2 atom stereocenters. The molecule has 2 aromatic carbocycles. The number of carbonyl (C=O) groups is 2. The van der Waals surface area contributed by atoms with Gasteiger partial charge in [-0.2, -0.15) is 0 Å². The molecule has 27 heavy (non-hydrogen) atoms. The third-order valence-corrected chi connectivity index (χ3v) is 4.43.